The number of piperidine rings is 1. The van der Waals surface area contributed by atoms with Gasteiger partial charge in [0.05, 0.1) is 11.9 Å². The van der Waals surface area contributed by atoms with Crippen molar-refractivity contribution in [3.63, 3.8) is 0 Å². The highest BCUT2D eigenvalue weighted by molar-refractivity contribution is 5.76. The summed E-state index contributed by atoms with van der Waals surface area (Å²) in [6.45, 7) is 1.81. The molecule has 0 unspecified atom stereocenters. The lowest BCUT2D eigenvalue weighted by atomic mass is 9.93. The summed E-state index contributed by atoms with van der Waals surface area (Å²) in [6, 6.07) is 0. The van der Waals surface area contributed by atoms with Gasteiger partial charge in [0, 0.05) is 26.1 Å². The van der Waals surface area contributed by atoms with Crippen molar-refractivity contribution in [2.45, 2.75) is 32.4 Å². The van der Waals surface area contributed by atoms with E-state index >= 15 is 0 Å². The molecule has 8 heteroatoms. The van der Waals surface area contributed by atoms with E-state index in [-0.39, 0.29) is 18.4 Å². The third-order valence-corrected chi connectivity index (χ3v) is 3.55. The number of likely N-dealkylation sites (tertiary alicyclic amines) is 1. The number of aromatic nitrogens is 3. The molecule has 4 N–H and O–H groups in total. The first-order chi connectivity index (χ1) is 9.58. The second kappa shape index (κ2) is 6.47. The molecule has 2 amide bonds. The van der Waals surface area contributed by atoms with E-state index in [1.54, 1.807) is 11.1 Å². The second-order valence-electron chi connectivity index (χ2n) is 5.11. The van der Waals surface area contributed by atoms with Crippen molar-refractivity contribution >= 4 is 11.8 Å². The number of hydrogen-bond donors (Lipinski definition) is 2. The first kappa shape index (κ1) is 14.4. The average molecular weight is 280 g/mol. The number of primary amides is 1. The zero-order valence-corrected chi connectivity index (χ0v) is 11.4. The topological polar surface area (TPSA) is 120 Å². The monoisotopic (exact) mass is 280 g/mol. The number of nitrogens with zero attached hydrogens (tertiary/aromatic N) is 4. The van der Waals surface area contributed by atoms with Crippen LogP contribution in [0.4, 0.5) is 0 Å². The Balaban J connectivity index is 1.81. The maximum Gasteiger partial charge on any atom is 0.244 e. The molecule has 1 aromatic rings. The molecule has 1 aliphatic rings. The van der Waals surface area contributed by atoms with E-state index in [0.717, 1.165) is 12.8 Å². The van der Waals surface area contributed by atoms with Gasteiger partial charge >= 0.3 is 0 Å². The first-order valence-corrected chi connectivity index (χ1v) is 6.73. The van der Waals surface area contributed by atoms with Crippen LogP contribution in [0.25, 0.3) is 0 Å². The van der Waals surface area contributed by atoms with Gasteiger partial charge in [-0.05, 0) is 18.8 Å². The Morgan fingerprint density at radius 3 is 2.60 bits per heavy atom. The zero-order valence-electron chi connectivity index (χ0n) is 11.4. The number of nitrogens with two attached hydrogens (primary N) is 2. The minimum Gasteiger partial charge on any atom is -0.370 e. The number of carbonyl (C=O) groups is 2. The number of amides is 2. The molecule has 0 bridgehead atoms. The Morgan fingerprint density at radius 2 is 2.05 bits per heavy atom. The number of carbonyl (C=O) groups excluding carboxylic acids is 2. The van der Waals surface area contributed by atoms with Gasteiger partial charge in [-0.3, -0.25) is 9.59 Å². The van der Waals surface area contributed by atoms with E-state index in [9.17, 15) is 9.59 Å². The highest BCUT2D eigenvalue weighted by Crippen LogP contribution is 2.20. The molecule has 0 aromatic carbocycles. The smallest absolute Gasteiger partial charge is 0.244 e. The maximum absolute atomic E-state index is 12.1. The predicted molar refractivity (Wildman–Crippen MR) is 71.0 cm³/mol. The summed E-state index contributed by atoms with van der Waals surface area (Å²) >= 11 is 0. The first-order valence-electron chi connectivity index (χ1n) is 6.73. The molecule has 0 spiro atoms. The van der Waals surface area contributed by atoms with Gasteiger partial charge in [-0.1, -0.05) is 5.21 Å². The van der Waals surface area contributed by atoms with E-state index in [1.165, 1.54) is 4.68 Å². The molecule has 8 nitrogen and oxygen atoms in total. The van der Waals surface area contributed by atoms with Crippen LogP contribution in [-0.4, -0.2) is 44.8 Å². The lowest BCUT2D eigenvalue weighted by Gasteiger charge is -2.31. The van der Waals surface area contributed by atoms with E-state index in [4.69, 9.17) is 11.5 Å². The van der Waals surface area contributed by atoms with E-state index < -0.39 is 0 Å². The fraction of sp³-hybridized carbons (Fsp3) is 0.667. The van der Waals surface area contributed by atoms with E-state index in [1.807, 2.05) is 0 Å². The average Bonchev–Trinajstić information content (AvgIpc) is 2.86. The SMILES string of the molecule is NCc1cn(CC(=O)N2CCC(CC(N)=O)CC2)nn1. The maximum atomic E-state index is 12.1. The molecule has 0 atom stereocenters. The molecule has 1 saturated heterocycles. The number of rotatable bonds is 5. The van der Waals surface area contributed by atoms with Gasteiger partial charge in [-0.2, -0.15) is 0 Å². The van der Waals surface area contributed by atoms with Crippen LogP contribution in [0.15, 0.2) is 6.20 Å². The molecular formula is C12H20N6O2. The highest BCUT2D eigenvalue weighted by Gasteiger charge is 2.24. The van der Waals surface area contributed by atoms with Gasteiger partial charge in [0.2, 0.25) is 11.8 Å². The number of hydrogen-bond acceptors (Lipinski definition) is 5. The Labute approximate surface area is 117 Å². The molecule has 0 aliphatic carbocycles. The van der Waals surface area contributed by atoms with Gasteiger partial charge in [0.25, 0.3) is 0 Å². The van der Waals surface area contributed by atoms with Crippen molar-refractivity contribution in [1.82, 2.24) is 19.9 Å². The Hall–Kier alpha value is -1.96. The second-order valence-corrected chi connectivity index (χ2v) is 5.11. The standard InChI is InChI=1S/C12H20N6O2/c13-6-10-7-18(16-15-10)8-12(20)17-3-1-9(2-4-17)5-11(14)19/h7,9H,1-6,8,13H2,(H2,14,19). The van der Waals surface area contributed by atoms with E-state index in [2.05, 4.69) is 10.3 Å². The zero-order chi connectivity index (χ0) is 14.5. The molecule has 1 aromatic heterocycles. The van der Waals surface area contributed by atoms with Crippen molar-refractivity contribution in [2.75, 3.05) is 13.1 Å². The van der Waals surface area contributed by atoms with Crippen molar-refractivity contribution < 1.29 is 9.59 Å². The minimum atomic E-state index is -0.272. The Bertz CT molecular complexity index is 478. The van der Waals surface area contributed by atoms with Crippen LogP contribution >= 0.6 is 0 Å². The van der Waals surface area contributed by atoms with Crippen LogP contribution in [-0.2, 0) is 22.7 Å². The Morgan fingerprint density at radius 1 is 1.35 bits per heavy atom. The van der Waals surface area contributed by atoms with Crippen LogP contribution < -0.4 is 11.5 Å². The minimum absolute atomic E-state index is 0.0102. The third kappa shape index (κ3) is 3.77. The van der Waals surface area contributed by atoms with Crippen molar-refractivity contribution in [1.29, 1.82) is 0 Å². The normalized spacial score (nSPS) is 16.4. The van der Waals surface area contributed by atoms with E-state index in [0.29, 0.717) is 37.7 Å². The lowest BCUT2D eigenvalue weighted by molar-refractivity contribution is -0.133. The molecular weight excluding hydrogens is 260 g/mol. The largest absolute Gasteiger partial charge is 0.370 e. The van der Waals surface area contributed by atoms with Crippen molar-refractivity contribution in [3.05, 3.63) is 11.9 Å². The Kier molecular flexibility index (Phi) is 4.67. The van der Waals surface area contributed by atoms with Crippen LogP contribution in [0.1, 0.15) is 25.0 Å². The van der Waals surface area contributed by atoms with Crippen LogP contribution in [0.5, 0.6) is 0 Å². The summed E-state index contributed by atoms with van der Waals surface area (Å²) in [7, 11) is 0. The summed E-state index contributed by atoms with van der Waals surface area (Å²) in [4.78, 5) is 24.8. The summed E-state index contributed by atoms with van der Waals surface area (Å²) in [5.74, 6) is 0.0365. The predicted octanol–water partition coefficient (Wildman–Crippen LogP) is -1.15. The van der Waals surface area contributed by atoms with Gasteiger partial charge in [0.15, 0.2) is 0 Å². The van der Waals surface area contributed by atoms with Crippen molar-refractivity contribution in [2.24, 2.45) is 17.4 Å². The molecule has 0 radical (unpaired) electrons. The van der Waals surface area contributed by atoms with Crippen molar-refractivity contribution in [3.8, 4) is 0 Å². The lowest BCUT2D eigenvalue weighted by Crippen LogP contribution is -2.41. The van der Waals surface area contributed by atoms with Crippen LogP contribution in [0.2, 0.25) is 0 Å². The van der Waals surface area contributed by atoms with Gasteiger partial charge in [-0.15, -0.1) is 5.10 Å². The van der Waals surface area contributed by atoms with Gasteiger partial charge in [-0.25, -0.2) is 4.68 Å². The molecule has 20 heavy (non-hydrogen) atoms. The summed E-state index contributed by atoms with van der Waals surface area (Å²) in [5, 5.41) is 7.70. The van der Waals surface area contributed by atoms with Crippen LogP contribution in [0.3, 0.4) is 0 Å². The molecule has 2 rings (SSSR count). The quantitative estimate of drug-likeness (QED) is 0.705. The molecule has 0 saturated carbocycles. The van der Waals surface area contributed by atoms with Crippen LogP contribution in [0, 0.1) is 5.92 Å². The van der Waals surface area contributed by atoms with Gasteiger partial charge < -0.3 is 16.4 Å². The molecule has 2 heterocycles. The molecule has 1 fully saturated rings. The summed E-state index contributed by atoms with van der Waals surface area (Å²) < 4.78 is 1.50. The summed E-state index contributed by atoms with van der Waals surface area (Å²) in [5.41, 5.74) is 11.3. The third-order valence-electron chi connectivity index (χ3n) is 3.55. The highest BCUT2D eigenvalue weighted by atomic mass is 16.2. The summed E-state index contributed by atoms with van der Waals surface area (Å²) in [6.07, 6.45) is 3.73. The molecule has 1 aliphatic heterocycles. The fourth-order valence-corrected chi connectivity index (χ4v) is 2.42. The fourth-order valence-electron chi connectivity index (χ4n) is 2.42. The molecule has 110 valence electrons. The van der Waals surface area contributed by atoms with Gasteiger partial charge in [0.1, 0.15) is 6.54 Å².